The third-order valence-electron chi connectivity index (χ3n) is 3.86. The van der Waals surface area contributed by atoms with Gasteiger partial charge in [0.25, 0.3) is 0 Å². The number of anilines is 1. The molecule has 21 heavy (non-hydrogen) atoms. The van der Waals surface area contributed by atoms with E-state index in [4.69, 9.17) is 0 Å². The lowest BCUT2D eigenvalue weighted by atomic mass is 10.2. The number of aryl methyl sites for hydroxylation is 2. The minimum Gasteiger partial charge on any atom is -0.337 e. The molecule has 1 aliphatic rings. The summed E-state index contributed by atoms with van der Waals surface area (Å²) in [5, 5.41) is 15.4. The van der Waals surface area contributed by atoms with Crippen LogP contribution in [0, 0.1) is 0 Å². The highest BCUT2D eigenvalue weighted by Crippen LogP contribution is 2.20. The molecule has 0 amide bonds. The van der Waals surface area contributed by atoms with Crippen molar-refractivity contribution >= 4 is 5.95 Å². The predicted octanol–water partition coefficient (Wildman–Crippen LogP) is 1.05. The minimum atomic E-state index is 0.466. The maximum atomic E-state index is 4.67. The maximum Gasteiger partial charge on any atom is 0.245 e. The zero-order valence-corrected chi connectivity index (χ0v) is 12.9. The topological polar surface area (TPSA) is 74.7 Å². The Morgan fingerprint density at radius 1 is 1.38 bits per heavy atom. The monoisotopic (exact) mass is 289 g/mol. The van der Waals surface area contributed by atoms with Crippen LogP contribution in [0.4, 0.5) is 5.95 Å². The molecular formula is C14H23N7. The van der Waals surface area contributed by atoms with Gasteiger partial charge in [-0.15, -0.1) is 5.10 Å². The van der Waals surface area contributed by atoms with Crippen molar-refractivity contribution in [3.05, 3.63) is 11.8 Å². The molecule has 7 nitrogen and oxygen atoms in total. The normalized spacial score (nSPS) is 19.2. The molecule has 1 atom stereocenters. The van der Waals surface area contributed by atoms with Crippen molar-refractivity contribution in [1.82, 2.24) is 30.3 Å². The van der Waals surface area contributed by atoms with Crippen LogP contribution in [0.2, 0.25) is 0 Å². The van der Waals surface area contributed by atoms with Crippen molar-refractivity contribution in [3.8, 4) is 11.5 Å². The number of H-pyrrole nitrogens is 1. The van der Waals surface area contributed by atoms with Crippen LogP contribution in [0.25, 0.3) is 11.5 Å². The summed E-state index contributed by atoms with van der Waals surface area (Å²) in [5.74, 6) is 1.57. The van der Waals surface area contributed by atoms with Crippen molar-refractivity contribution < 1.29 is 0 Å². The second-order valence-corrected chi connectivity index (χ2v) is 5.48. The van der Waals surface area contributed by atoms with E-state index in [2.05, 4.69) is 57.3 Å². The molecule has 0 saturated carbocycles. The van der Waals surface area contributed by atoms with Gasteiger partial charge < -0.3 is 10.2 Å². The third kappa shape index (κ3) is 2.78. The van der Waals surface area contributed by atoms with E-state index in [0.717, 1.165) is 55.8 Å². The van der Waals surface area contributed by atoms with Gasteiger partial charge in [-0.2, -0.15) is 10.1 Å². The average molecular weight is 289 g/mol. The number of rotatable bonds is 4. The van der Waals surface area contributed by atoms with Crippen LogP contribution in [-0.2, 0) is 13.0 Å². The van der Waals surface area contributed by atoms with Crippen LogP contribution in [-0.4, -0.2) is 50.6 Å². The first-order valence-electron chi connectivity index (χ1n) is 7.69. The number of hydrogen-bond acceptors (Lipinski definition) is 5. The van der Waals surface area contributed by atoms with Gasteiger partial charge in [0.1, 0.15) is 5.69 Å². The zero-order valence-electron chi connectivity index (χ0n) is 12.9. The summed E-state index contributed by atoms with van der Waals surface area (Å²) in [6.07, 6.45) is 0.927. The molecule has 1 saturated heterocycles. The van der Waals surface area contributed by atoms with Gasteiger partial charge in [-0.3, -0.25) is 9.78 Å². The second-order valence-electron chi connectivity index (χ2n) is 5.48. The van der Waals surface area contributed by atoms with E-state index >= 15 is 0 Å². The molecule has 2 aromatic heterocycles. The lowest BCUT2D eigenvalue weighted by Crippen LogP contribution is -2.49. The van der Waals surface area contributed by atoms with Gasteiger partial charge in [-0.05, 0) is 26.3 Å². The fraction of sp³-hybridized carbons (Fsp3) is 0.643. The highest BCUT2D eigenvalue weighted by molar-refractivity contribution is 5.52. The molecule has 0 aromatic carbocycles. The summed E-state index contributed by atoms with van der Waals surface area (Å²) in [4.78, 5) is 6.88. The van der Waals surface area contributed by atoms with Crippen LogP contribution in [0.3, 0.4) is 0 Å². The first-order chi connectivity index (χ1) is 10.2. The predicted molar refractivity (Wildman–Crippen MR) is 82.3 cm³/mol. The summed E-state index contributed by atoms with van der Waals surface area (Å²) in [6.45, 7) is 10.1. The first-order valence-corrected chi connectivity index (χ1v) is 7.69. The molecule has 2 N–H and O–H groups in total. The molecule has 0 bridgehead atoms. The third-order valence-corrected chi connectivity index (χ3v) is 3.86. The fourth-order valence-corrected chi connectivity index (χ4v) is 2.70. The minimum absolute atomic E-state index is 0.466. The van der Waals surface area contributed by atoms with Gasteiger partial charge in [0.05, 0.1) is 5.69 Å². The van der Waals surface area contributed by atoms with E-state index in [-0.39, 0.29) is 0 Å². The maximum absolute atomic E-state index is 4.67. The lowest BCUT2D eigenvalue weighted by Gasteiger charge is -2.30. The molecular weight excluding hydrogens is 266 g/mol. The summed E-state index contributed by atoms with van der Waals surface area (Å²) in [6, 6.07) is 2.56. The number of nitrogens with zero attached hydrogens (tertiary/aromatic N) is 5. The Kier molecular flexibility index (Phi) is 3.92. The van der Waals surface area contributed by atoms with Crippen molar-refractivity contribution in [2.45, 2.75) is 39.8 Å². The van der Waals surface area contributed by atoms with Gasteiger partial charge in [-0.1, -0.05) is 6.92 Å². The van der Waals surface area contributed by atoms with Gasteiger partial charge in [0, 0.05) is 32.2 Å². The van der Waals surface area contributed by atoms with Gasteiger partial charge in [0.15, 0.2) is 5.82 Å². The zero-order chi connectivity index (χ0) is 14.8. The highest BCUT2D eigenvalue weighted by atomic mass is 15.4. The Morgan fingerprint density at radius 3 is 2.95 bits per heavy atom. The van der Waals surface area contributed by atoms with Crippen LogP contribution in [0.5, 0.6) is 0 Å². The standard InChI is InChI=1S/C14H23N7/c1-4-11-8-12(21(5-2)19-11)13-16-14(18-17-13)20-7-6-15-10(3)9-20/h8,10,15H,4-7,9H2,1-3H3,(H,16,17,18)/t10-/m1/s1. The molecule has 3 heterocycles. The van der Waals surface area contributed by atoms with E-state index in [1.165, 1.54) is 0 Å². The van der Waals surface area contributed by atoms with Crippen molar-refractivity contribution in [1.29, 1.82) is 0 Å². The number of aromatic amines is 1. The number of hydrogen-bond donors (Lipinski definition) is 2. The summed E-state index contributed by atoms with van der Waals surface area (Å²) >= 11 is 0. The van der Waals surface area contributed by atoms with Gasteiger partial charge >= 0.3 is 0 Å². The van der Waals surface area contributed by atoms with Gasteiger partial charge in [0.2, 0.25) is 5.95 Å². The molecule has 0 radical (unpaired) electrons. The van der Waals surface area contributed by atoms with Crippen LogP contribution in [0.15, 0.2) is 6.07 Å². The van der Waals surface area contributed by atoms with E-state index in [1.807, 2.05) is 4.68 Å². The molecule has 114 valence electrons. The molecule has 1 aliphatic heterocycles. The largest absolute Gasteiger partial charge is 0.337 e. The Morgan fingerprint density at radius 2 is 2.24 bits per heavy atom. The summed E-state index contributed by atoms with van der Waals surface area (Å²) in [5.41, 5.74) is 2.09. The SMILES string of the molecule is CCc1cc(-c2nc(N3CCN[C@H](C)C3)n[nH]2)n(CC)n1. The second kappa shape index (κ2) is 5.85. The van der Waals surface area contributed by atoms with E-state index < -0.39 is 0 Å². The highest BCUT2D eigenvalue weighted by Gasteiger charge is 2.20. The quantitative estimate of drug-likeness (QED) is 0.880. The Balaban J connectivity index is 1.86. The Hall–Kier alpha value is -1.89. The van der Waals surface area contributed by atoms with Crippen LogP contribution < -0.4 is 10.2 Å². The Labute approximate surface area is 124 Å². The molecule has 3 rings (SSSR count). The van der Waals surface area contributed by atoms with Crippen LogP contribution in [0.1, 0.15) is 26.5 Å². The number of piperazine rings is 1. The van der Waals surface area contributed by atoms with Crippen LogP contribution >= 0.6 is 0 Å². The van der Waals surface area contributed by atoms with Gasteiger partial charge in [-0.25, -0.2) is 0 Å². The molecule has 7 heteroatoms. The summed E-state index contributed by atoms with van der Waals surface area (Å²) in [7, 11) is 0. The van der Waals surface area contributed by atoms with E-state index in [0.29, 0.717) is 6.04 Å². The smallest absolute Gasteiger partial charge is 0.245 e. The van der Waals surface area contributed by atoms with E-state index in [9.17, 15) is 0 Å². The molecule has 0 spiro atoms. The molecule has 1 fully saturated rings. The van der Waals surface area contributed by atoms with Crippen molar-refractivity contribution in [2.75, 3.05) is 24.5 Å². The molecule has 0 unspecified atom stereocenters. The summed E-state index contributed by atoms with van der Waals surface area (Å²) < 4.78 is 1.98. The Bertz CT molecular complexity index is 600. The first kappa shape index (κ1) is 14.1. The molecule has 0 aliphatic carbocycles. The molecule has 2 aromatic rings. The fourth-order valence-electron chi connectivity index (χ4n) is 2.70. The number of aromatic nitrogens is 5. The van der Waals surface area contributed by atoms with Crippen molar-refractivity contribution in [3.63, 3.8) is 0 Å². The lowest BCUT2D eigenvalue weighted by molar-refractivity contribution is 0.480. The van der Waals surface area contributed by atoms with E-state index in [1.54, 1.807) is 0 Å². The number of nitrogens with one attached hydrogen (secondary N) is 2. The van der Waals surface area contributed by atoms with Crippen molar-refractivity contribution in [2.24, 2.45) is 0 Å². The average Bonchev–Trinajstić information content (AvgIpc) is 3.13.